The van der Waals surface area contributed by atoms with E-state index in [1.165, 1.54) is 18.4 Å². The molecule has 0 aromatic heterocycles. The summed E-state index contributed by atoms with van der Waals surface area (Å²) in [6, 6.07) is 10.3. The summed E-state index contributed by atoms with van der Waals surface area (Å²) in [5.41, 5.74) is 1.23. The van der Waals surface area contributed by atoms with E-state index in [0.29, 0.717) is 6.61 Å². The highest BCUT2D eigenvalue weighted by atomic mass is 28.4. The lowest BCUT2D eigenvalue weighted by atomic mass is 10.0. The van der Waals surface area contributed by atoms with Crippen molar-refractivity contribution < 1.29 is 18.7 Å². The molecule has 4 nitrogen and oxygen atoms in total. The van der Waals surface area contributed by atoms with E-state index >= 15 is 0 Å². The Bertz CT molecular complexity index is 611. The molecule has 5 heteroatoms. The molecule has 1 fully saturated rings. The molecular formula is C25H42O4Si. The first-order valence-electron chi connectivity index (χ1n) is 11.6. The van der Waals surface area contributed by atoms with E-state index in [0.717, 1.165) is 45.0 Å². The molecule has 1 aromatic rings. The maximum absolute atomic E-state index is 11.1. The van der Waals surface area contributed by atoms with Crippen molar-refractivity contribution in [2.75, 3.05) is 6.61 Å². The fraction of sp³-hybridized carbons (Fsp3) is 0.720. The Morgan fingerprint density at radius 1 is 1.10 bits per heavy atom. The van der Waals surface area contributed by atoms with Crippen molar-refractivity contribution in [3.63, 3.8) is 0 Å². The fourth-order valence-corrected chi connectivity index (χ4v) is 4.99. The van der Waals surface area contributed by atoms with Gasteiger partial charge in [0.2, 0.25) is 0 Å². The molecule has 30 heavy (non-hydrogen) atoms. The first-order chi connectivity index (χ1) is 14.2. The SMILES string of the molecule is CC(C)(C)[Si](C)(C)O[C@H](CCCCCCOCc1ccccc1)[C@H]1CC[C@H](C=O)O1. The second-order valence-corrected chi connectivity index (χ2v) is 14.8. The van der Waals surface area contributed by atoms with Crippen LogP contribution in [0, 0.1) is 0 Å². The van der Waals surface area contributed by atoms with Gasteiger partial charge in [0.05, 0.1) is 18.8 Å². The highest BCUT2D eigenvalue weighted by Gasteiger charge is 2.42. The Kier molecular flexibility index (Phi) is 10.2. The second-order valence-electron chi connectivity index (χ2n) is 10.1. The average Bonchev–Trinajstić information content (AvgIpc) is 3.18. The molecule has 1 heterocycles. The average molecular weight is 435 g/mol. The van der Waals surface area contributed by atoms with Crippen molar-refractivity contribution in [3.8, 4) is 0 Å². The highest BCUT2D eigenvalue weighted by molar-refractivity contribution is 6.74. The van der Waals surface area contributed by atoms with E-state index < -0.39 is 8.32 Å². The normalized spacial score (nSPS) is 21.0. The fourth-order valence-electron chi connectivity index (χ4n) is 3.61. The smallest absolute Gasteiger partial charge is 0.192 e. The third kappa shape index (κ3) is 8.25. The summed E-state index contributed by atoms with van der Waals surface area (Å²) in [6.07, 6.45) is 8.18. The van der Waals surface area contributed by atoms with Crippen LogP contribution in [0.4, 0.5) is 0 Å². The van der Waals surface area contributed by atoms with Gasteiger partial charge >= 0.3 is 0 Å². The molecule has 0 radical (unpaired) electrons. The summed E-state index contributed by atoms with van der Waals surface area (Å²) < 4.78 is 18.5. The summed E-state index contributed by atoms with van der Waals surface area (Å²) >= 11 is 0. The lowest BCUT2D eigenvalue weighted by molar-refractivity contribution is -0.119. The molecule has 0 bridgehead atoms. The monoisotopic (exact) mass is 434 g/mol. The maximum Gasteiger partial charge on any atom is 0.192 e. The van der Waals surface area contributed by atoms with Crippen LogP contribution < -0.4 is 0 Å². The molecule has 0 saturated carbocycles. The number of ether oxygens (including phenoxy) is 2. The number of benzene rings is 1. The first kappa shape index (κ1) is 25.2. The van der Waals surface area contributed by atoms with Crippen LogP contribution in [0.3, 0.4) is 0 Å². The Labute approximate surface area is 184 Å². The van der Waals surface area contributed by atoms with Crippen molar-refractivity contribution >= 4 is 14.6 Å². The predicted molar refractivity (Wildman–Crippen MR) is 125 cm³/mol. The Balaban J connectivity index is 1.71. The summed E-state index contributed by atoms with van der Waals surface area (Å²) in [4.78, 5) is 11.1. The number of hydrogen-bond acceptors (Lipinski definition) is 4. The standard InChI is InChI=1S/C25H42O4Si/c1-25(2,3)30(4,5)29-24(23-17-16-22(19-26)28-23)15-11-6-7-12-18-27-20-21-13-9-8-10-14-21/h8-10,13-14,19,22-24H,6-7,11-12,15-18,20H2,1-5H3/t22-,23-,24-/m1/s1. The van der Waals surface area contributed by atoms with E-state index in [1.807, 2.05) is 18.2 Å². The van der Waals surface area contributed by atoms with E-state index in [1.54, 1.807) is 0 Å². The first-order valence-corrected chi connectivity index (χ1v) is 14.5. The molecule has 0 unspecified atom stereocenters. The summed E-state index contributed by atoms with van der Waals surface area (Å²) in [5.74, 6) is 0. The Hall–Kier alpha value is -1.01. The number of rotatable bonds is 13. The van der Waals surface area contributed by atoms with Crippen LogP contribution in [0.5, 0.6) is 0 Å². The molecule has 0 spiro atoms. The molecule has 0 amide bonds. The quantitative estimate of drug-likeness (QED) is 0.208. The number of hydrogen-bond donors (Lipinski definition) is 0. The predicted octanol–water partition coefficient (Wildman–Crippen LogP) is 6.29. The van der Waals surface area contributed by atoms with Crippen LogP contribution in [0.25, 0.3) is 0 Å². The van der Waals surface area contributed by atoms with Crippen LogP contribution in [0.2, 0.25) is 18.1 Å². The number of carbonyl (C=O) groups is 1. The zero-order chi connectivity index (χ0) is 22.0. The van der Waals surface area contributed by atoms with Gasteiger partial charge in [0.15, 0.2) is 8.32 Å². The van der Waals surface area contributed by atoms with Gasteiger partial charge in [0.25, 0.3) is 0 Å². The van der Waals surface area contributed by atoms with Crippen LogP contribution in [0.15, 0.2) is 30.3 Å². The third-order valence-corrected chi connectivity index (χ3v) is 11.0. The minimum absolute atomic E-state index is 0.0588. The Morgan fingerprint density at radius 2 is 1.80 bits per heavy atom. The largest absolute Gasteiger partial charge is 0.411 e. The molecule has 3 atom stereocenters. The van der Waals surface area contributed by atoms with Crippen molar-refractivity contribution in [2.45, 2.75) is 109 Å². The van der Waals surface area contributed by atoms with Crippen LogP contribution >= 0.6 is 0 Å². The van der Waals surface area contributed by atoms with E-state index in [4.69, 9.17) is 13.9 Å². The van der Waals surface area contributed by atoms with Crippen LogP contribution in [-0.2, 0) is 25.3 Å². The number of carbonyl (C=O) groups excluding carboxylic acids is 1. The molecule has 1 saturated heterocycles. The van der Waals surface area contributed by atoms with Gasteiger partial charge in [0.1, 0.15) is 12.4 Å². The molecule has 1 aliphatic heterocycles. The molecule has 0 N–H and O–H groups in total. The van der Waals surface area contributed by atoms with Crippen LogP contribution in [-0.4, -0.2) is 39.5 Å². The van der Waals surface area contributed by atoms with Gasteiger partial charge in [-0.25, -0.2) is 0 Å². The highest BCUT2D eigenvalue weighted by Crippen LogP contribution is 2.39. The van der Waals surface area contributed by atoms with E-state index in [9.17, 15) is 4.79 Å². The number of unbranched alkanes of at least 4 members (excludes halogenated alkanes) is 3. The molecular weight excluding hydrogens is 392 g/mol. The van der Waals surface area contributed by atoms with Gasteiger partial charge in [-0.1, -0.05) is 70.4 Å². The molecule has 1 aromatic carbocycles. The topological polar surface area (TPSA) is 44.8 Å². The van der Waals surface area contributed by atoms with Gasteiger partial charge in [-0.3, -0.25) is 0 Å². The summed E-state index contributed by atoms with van der Waals surface area (Å²) in [5, 5.41) is 0.171. The van der Waals surface area contributed by atoms with Gasteiger partial charge in [-0.05, 0) is 49.4 Å². The van der Waals surface area contributed by atoms with E-state index in [-0.39, 0.29) is 23.4 Å². The zero-order valence-corrected chi connectivity index (χ0v) is 20.7. The molecule has 1 aliphatic rings. The van der Waals surface area contributed by atoms with Crippen molar-refractivity contribution in [1.82, 2.24) is 0 Å². The Morgan fingerprint density at radius 3 is 2.43 bits per heavy atom. The van der Waals surface area contributed by atoms with Crippen molar-refractivity contribution in [1.29, 1.82) is 0 Å². The van der Waals surface area contributed by atoms with Crippen molar-refractivity contribution in [3.05, 3.63) is 35.9 Å². The second kappa shape index (κ2) is 12.1. The minimum atomic E-state index is -1.87. The maximum atomic E-state index is 11.1. The number of aldehydes is 1. The van der Waals surface area contributed by atoms with Crippen LogP contribution in [0.1, 0.15) is 71.3 Å². The third-order valence-electron chi connectivity index (χ3n) is 6.54. The molecule has 2 rings (SSSR count). The lowest BCUT2D eigenvalue weighted by Crippen LogP contribution is -2.47. The molecule has 170 valence electrons. The van der Waals surface area contributed by atoms with Gasteiger partial charge in [0, 0.05) is 6.61 Å². The van der Waals surface area contributed by atoms with Gasteiger partial charge in [-0.2, -0.15) is 0 Å². The van der Waals surface area contributed by atoms with Crippen molar-refractivity contribution in [2.24, 2.45) is 0 Å². The van der Waals surface area contributed by atoms with Gasteiger partial charge < -0.3 is 18.7 Å². The van der Waals surface area contributed by atoms with E-state index in [2.05, 4.69) is 46.0 Å². The lowest BCUT2D eigenvalue weighted by Gasteiger charge is -2.40. The summed E-state index contributed by atoms with van der Waals surface area (Å²) in [7, 11) is -1.87. The summed E-state index contributed by atoms with van der Waals surface area (Å²) in [6.45, 7) is 12.9. The zero-order valence-electron chi connectivity index (χ0n) is 19.7. The molecule has 0 aliphatic carbocycles. The minimum Gasteiger partial charge on any atom is -0.411 e. The van der Waals surface area contributed by atoms with Gasteiger partial charge in [-0.15, -0.1) is 0 Å².